The molecule has 1 N–H and O–H groups in total. The number of benzene rings is 1. The van der Waals surface area contributed by atoms with E-state index < -0.39 is 6.09 Å². The number of nitrogens with one attached hydrogen (secondary N) is 1. The summed E-state index contributed by atoms with van der Waals surface area (Å²) < 4.78 is 4.77. The van der Waals surface area contributed by atoms with E-state index in [1.54, 1.807) is 13.0 Å². The van der Waals surface area contributed by atoms with Gasteiger partial charge in [-0.3, -0.25) is 5.32 Å². The number of anilines is 1. The van der Waals surface area contributed by atoms with E-state index in [2.05, 4.69) is 5.32 Å². The smallest absolute Gasteiger partial charge is 0.411 e. The fourth-order valence-electron chi connectivity index (χ4n) is 1.37. The van der Waals surface area contributed by atoms with E-state index in [0.29, 0.717) is 18.7 Å². The molecule has 4 heteroatoms. The molecule has 0 aromatic heterocycles. The topological polar surface area (TPSA) is 58.2 Å². The molecule has 0 aliphatic heterocycles. The van der Waals surface area contributed by atoms with Crippen LogP contribution in [0.3, 0.4) is 0 Å². The van der Waals surface area contributed by atoms with Crippen molar-refractivity contribution in [2.75, 3.05) is 18.5 Å². The highest BCUT2D eigenvalue weighted by Gasteiger charge is 2.02. The van der Waals surface area contributed by atoms with Crippen LogP contribution >= 0.6 is 0 Å². The van der Waals surface area contributed by atoms with Crippen LogP contribution in [-0.4, -0.2) is 19.3 Å². The summed E-state index contributed by atoms with van der Waals surface area (Å²) in [4.78, 5) is 11.2. The van der Waals surface area contributed by atoms with E-state index in [1.165, 1.54) is 0 Å². The van der Waals surface area contributed by atoms with Crippen molar-refractivity contribution in [1.29, 1.82) is 0 Å². The van der Waals surface area contributed by atoms with Gasteiger partial charge in [0.15, 0.2) is 0 Å². The highest BCUT2D eigenvalue weighted by molar-refractivity contribution is 5.84. The van der Waals surface area contributed by atoms with E-state index in [-0.39, 0.29) is 6.61 Å². The van der Waals surface area contributed by atoms with Gasteiger partial charge >= 0.3 is 6.09 Å². The molecule has 1 aromatic rings. The van der Waals surface area contributed by atoms with Gasteiger partial charge in [-0.1, -0.05) is 12.1 Å². The SMILES string of the molecule is CCOC(=O)Nc1cccc(CCC[O])c1. The second-order valence-corrected chi connectivity index (χ2v) is 3.35. The van der Waals surface area contributed by atoms with Crippen LogP contribution in [0.2, 0.25) is 0 Å². The Morgan fingerprint density at radius 3 is 2.94 bits per heavy atom. The predicted octanol–water partition coefficient (Wildman–Crippen LogP) is 2.62. The van der Waals surface area contributed by atoms with Gasteiger partial charge in [0.2, 0.25) is 0 Å². The lowest BCUT2D eigenvalue weighted by molar-refractivity contribution is 0.168. The molecular weight excluding hydrogens is 206 g/mol. The molecule has 1 amide bonds. The third-order valence-electron chi connectivity index (χ3n) is 2.06. The van der Waals surface area contributed by atoms with Gasteiger partial charge in [0, 0.05) is 5.69 Å². The summed E-state index contributed by atoms with van der Waals surface area (Å²) in [5, 5.41) is 13.0. The van der Waals surface area contributed by atoms with Crippen molar-refractivity contribution < 1.29 is 14.6 Å². The Balaban J connectivity index is 2.56. The minimum Gasteiger partial charge on any atom is -0.450 e. The lowest BCUT2D eigenvalue weighted by Gasteiger charge is -2.06. The van der Waals surface area contributed by atoms with E-state index in [9.17, 15) is 9.90 Å². The Morgan fingerprint density at radius 1 is 1.44 bits per heavy atom. The fourth-order valence-corrected chi connectivity index (χ4v) is 1.37. The Morgan fingerprint density at radius 2 is 2.25 bits per heavy atom. The summed E-state index contributed by atoms with van der Waals surface area (Å²) in [6.45, 7) is 2.03. The first-order chi connectivity index (χ1) is 7.76. The number of carbonyl (C=O) groups is 1. The van der Waals surface area contributed by atoms with E-state index in [4.69, 9.17) is 4.74 Å². The van der Waals surface area contributed by atoms with Crippen molar-refractivity contribution in [3.8, 4) is 0 Å². The van der Waals surface area contributed by atoms with Crippen molar-refractivity contribution in [1.82, 2.24) is 0 Å². The standard InChI is InChI=1S/C12H16NO3/c1-2-16-12(15)13-11-7-3-5-10(9-11)6-4-8-14/h3,5,7,9H,2,4,6,8H2,1H3,(H,13,15). The summed E-state index contributed by atoms with van der Waals surface area (Å²) >= 11 is 0. The molecule has 16 heavy (non-hydrogen) atoms. The Kier molecular flexibility index (Phi) is 5.36. The van der Waals surface area contributed by atoms with Gasteiger partial charge in [0.1, 0.15) is 0 Å². The van der Waals surface area contributed by atoms with Gasteiger partial charge in [-0.05, 0) is 37.5 Å². The van der Waals surface area contributed by atoms with Gasteiger partial charge in [-0.25, -0.2) is 9.90 Å². The molecule has 0 bridgehead atoms. The Labute approximate surface area is 95.2 Å². The molecule has 1 aromatic carbocycles. The molecule has 4 nitrogen and oxygen atoms in total. The van der Waals surface area contributed by atoms with Crippen LogP contribution in [0.15, 0.2) is 24.3 Å². The van der Waals surface area contributed by atoms with Crippen molar-refractivity contribution in [2.45, 2.75) is 19.8 Å². The lowest BCUT2D eigenvalue weighted by atomic mass is 10.1. The monoisotopic (exact) mass is 222 g/mol. The average molecular weight is 222 g/mol. The summed E-state index contributed by atoms with van der Waals surface area (Å²) in [5.74, 6) is 0. The predicted molar refractivity (Wildman–Crippen MR) is 61.0 cm³/mol. The number of carbonyl (C=O) groups excluding carboxylic acids is 1. The van der Waals surface area contributed by atoms with E-state index >= 15 is 0 Å². The average Bonchev–Trinajstić information content (AvgIpc) is 2.27. The van der Waals surface area contributed by atoms with Crippen LogP contribution in [0, 0.1) is 0 Å². The molecule has 0 atom stereocenters. The zero-order chi connectivity index (χ0) is 11.8. The van der Waals surface area contributed by atoms with Crippen molar-refractivity contribution in [3.05, 3.63) is 29.8 Å². The first kappa shape index (κ1) is 12.5. The highest BCUT2D eigenvalue weighted by atomic mass is 16.5. The summed E-state index contributed by atoms with van der Waals surface area (Å²) in [6.07, 6.45) is 0.897. The highest BCUT2D eigenvalue weighted by Crippen LogP contribution is 2.12. The van der Waals surface area contributed by atoms with Gasteiger partial charge in [0.05, 0.1) is 13.2 Å². The molecule has 0 aliphatic rings. The number of aryl methyl sites for hydroxylation is 1. The third-order valence-corrected chi connectivity index (χ3v) is 2.06. The lowest BCUT2D eigenvalue weighted by Crippen LogP contribution is -2.13. The van der Waals surface area contributed by atoms with Crippen LogP contribution in [0.25, 0.3) is 0 Å². The van der Waals surface area contributed by atoms with Crippen LogP contribution in [0.4, 0.5) is 10.5 Å². The van der Waals surface area contributed by atoms with Gasteiger partial charge in [-0.2, -0.15) is 0 Å². The minimum atomic E-state index is -0.455. The fraction of sp³-hybridized carbons (Fsp3) is 0.417. The molecule has 0 saturated heterocycles. The Bertz CT molecular complexity index is 339. The zero-order valence-corrected chi connectivity index (χ0v) is 9.36. The molecule has 0 heterocycles. The molecule has 0 spiro atoms. The summed E-state index contributed by atoms with van der Waals surface area (Å²) in [7, 11) is 0. The molecular formula is C12H16NO3. The second-order valence-electron chi connectivity index (χ2n) is 3.35. The second kappa shape index (κ2) is 6.85. The van der Waals surface area contributed by atoms with Crippen LogP contribution in [0.5, 0.6) is 0 Å². The van der Waals surface area contributed by atoms with Crippen LogP contribution in [-0.2, 0) is 16.3 Å². The molecule has 0 unspecified atom stereocenters. The molecule has 0 fully saturated rings. The summed E-state index contributed by atoms with van der Waals surface area (Å²) in [6, 6.07) is 7.43. The van der Waals surface area contributed by atoms with E-state index in [1.807, 2.05) is 18.2 Å². The van der Waals surface area contributed by atoms with Gasteiger partial charge in [-0.15, -0.1) is 0 Å². The number of amides is 1. The van der Waals surface area contributed by atoms with Crippen molar-refractivity contribution in [2.24, 2.45) is 0 Å². The van der Waals surface area contributed by atoms with Crippen LogP contribution in [0.1, 0.15) is 18.9 Å². The first-order valence-corrected chi connectivity index (χ1v) is 5.37. The van der Waals surface area contributed by atoms with Crippen molar-refractivity contribution >= 4 is 11.8 Å². The van der Waals surface area contributed by atoms with E-state index in [0.717, 1.165) is 12.0 Å². The number of hydrogen-bond acceptors (Lipinski definition) is 2. The quantitative estimate of drug-likeness (QED) is 0.832. The Hall–Kier alpha value is -1.55. The molecule has 1 rings (SSSR count). The maximum absolute atomic E-state index is 11.2. The zero-order valence-electron chi connectivity index (χ0n) is 9.36. The minimum absolute atomic E-state index is 0.0739. The molecule has 0 aliphatic carbocycles. The number of ether oxygens (including phenoxy) is 1. The first-order valence-electron chi connectivity index (χ1n) is 5.37. The van der Waals surface area contributed by atoms with Gasteiger partial charge < -0.3 is 4.74 Å². The van der Waals surface area contributed by atoms with Gasteiger partial charge in [0.25, 0.3) is 0 Å². The van der Waals surface area contributed by atoms with Crippen LogP contribution < -0.4 is 5.32 Å². The molecule has 1 radical (unpaired) electrons. The maximum Gasteiger partial charge on any atom is 0.411 e. The molecule has 0 saturated carbocycles. The number of rotatable bonds is 5. The molecule has 87 valence electrons. The summed E-state index contributed by atoms with van der Waals surface area (Å²) in [5.41, 5.74) is 1.74. The largest absolute Gasteiger partial charge is 0.450 e. The maximum atomic E-state index is 11.2. The van der Waals surface area contributed by atoms with Crippen molar-refractivity contribution in [3.63, 3.8) is 0 Å². The number of hydrogen-bond donors (Lipinski definition) is 1. The third kappa shape index (κ3) is 4.31. The normalized spacial score (nSPS) is 9.88.